The summed E-state index contributed by atoms with van der Waals surface area (Å²) < 4.78 is 0. The van der Waals surface area contributed by atoms with Gasteiger partial charge in [0.05, 0.1) is 0 Å². The van der Waals surface area contributed by atoms with Crippen LogP contribution in [-0.2, 0) is 4.79 Å². The van der Waals surface area contributed by atoms with Crippen LogP contribution in [0.3, 0.4) is 0 Å². The van der Waals surface area contributed by atoms with E-state index in [0.29, 0.717) is 5.92 Å². The molecule has 0 radical (unpaired) electrons. The molecule has 0 aromatic rings. The van der Waals surface area contributed by atoms with Crippen molar-refractivity contribution in [2.24, 2.45) is 5.92 Å². The molecule has 1 heterocycles. The molecule has 4 nitrogen and oxygen atoms in total. The van der Waals surface area contributed by atoms with Crippen molar-refractivity contribution in [1.29, 1.82) is 0 Å². The number of carbonyl (C=O) groups excluding carboxylic acids is 1. The summed E-state index contributed by atoms with van der Waals surface area (Å²) in [5.74, 6) is 0.638. The zero-order valence-corrected chi connectivity index (χ0v) is 13.2. The maximum absolute atomic E-state index is 11.5. The van der Waals surface area contributed by atoms with Crippen molar-refractivity contribution in [1.82, 2.24) is 15.1 Å². The Morgan fingerprint density at radius 3 is 2.50 bits per heavy atom. The molecule has 1 saturated carbocycles. The second-order valence-corrected chi connectivity index (χ2v) is 6.64. The Kier molecular flexibility index (Phi) is 6.30. The van der Waals surface area contributed by atoms with Crippen molar-refractivity contribution in [2.45, 2.75) is 51.0 Å². The van der Waals surface area contributed by atoms with Gasteiger partial charge in [-0.15, -0.1) is 0 Å². The average molecular weight is 281 g/mol. The molecule has 2 rings (SSSR count). The van der Waals surface area contributed by atoms with E-state index in [9.17, 15) is 4.79 Å². The van der Waals surface area contributed by atoms with Crippen molar-refractivity contribution in [3.63, 3.8) is 0 Å². The smallest absolute Gasteiger partial charge is 0.223 e. The van der Waals surface area contributed by atoms with Gasteiger partial charge in [-0.25, -0.2) is 0 Å². The van der Waals surface area contributed by atoms with E-state index in [4.69, 9.17) is 0 Å². The van der Waals surface area contributed by atoms with Gasteiger partial charge in [-0.2, -0.15) is 0 Å². The lowest BCUT2D eigenvalue weighted by Gasteiger charge is -2.35. The van der Waals surface area contributed by atoms with Crippen LogP contribution in [0.5, 0.6) is 0 Å². The van der Waals surface area contributed by atoms with Crippen molar-refractivity contribution < 1.29 is 4.79 Å². The average Bonchev–Trinajstić information content (AvgIpc) is 3.27. The topological polar surface area (TPSA) is 35.6 Å². The summed E-state index contributed by atoms with van der Waals surface area (Å²) in [6.07, 6.45) is 8.43. The number of carbonyl (C=O) groups is 1. The molecule has 2 aliphatic rings. The number of hydrogen-bond donors (Lipinski definition) is 1. The summed E-state index contributed by atoms with van der Waals surface area (Å²) in [6.45, 7) is 4.54. The van der Waals surface area contributed by atoms with E-state index >= 15 is 0 Å². The minimum Gasteiger partial charge on any atom is -0.356 e. The minimum atomic E-state index is 0.286. The van der Waals surface area contributed by atoms with E-state index in [-0.39, 0.29) is 5.91 Å². The van der Waals surface area contributed by atoms with Gasteiger partial charge in [-0.3, -0.25) is 4.79 Å². The molecule has 0 aromatic carbocycles. The lowest BCUT2D eigenvalue weighted by atomic mass is 10.0. The molecule has 0 atom stereocenters. The molecule has 0 aromatic heterocycles. The number of amides is 1. The molecule has 4 heteroatoms. The Balaban J connectivity index is 1.44. The first-order valence-corrected chi connectivity index (χ1v) is 8.33. The first kappa shape index (κ1) is 15.8. The summed E-state index contributed by atoms with van der Waals surface area (Å²) in [5, 5.41) is 3.04. The number of rotatable bonds is 8. The molecule has 2 fully saturated rings. The number of nitrogens with zero attached hydrogens (tertiary/aromatic N) is 2. The predicted octanol–water partition coefficient (Wildman–Crippen LogP) is 1.71. The van der Waals surface area contributed by atoms with Crippen LogP contribution in [-0.4, -0.2) is 62.0 Å². The quantitative estimate of drug-likeness (QED) is 0.688. The van der Waals surface area contributed by atoms with Gasteiger partial charge >= 0.3 is 0 Å². The molecule has 1 aliphatic carbocycles. The highest BCUT2D eigenvalue weighted by atomic mass is 16.2. The largest absolute Gasteiger partial charge is 0.356 e. The Morgan fingerprint density at radius 2 is 1.85 bits per heavy atom. The van der Waals surface area contributed by atoms with Gasteiger partial charge in [0, 0.05) is 18.5 Å². The third-order valence-corrected chi connectivity index (χ3v) is 4.75. The van der Waals surface area contributed by atoms with Crippen molar-refractivity contribution >= 4 is 5.91 Å². The fourth-order valence-electron chi connectivity index (χ4n) is 2.98. The Morgan fingerprint density at radius 1 is 1.15 bits per heavy atom. The Labute approximate surface area is 123 Å². The van der Waals surface area contributed by atoms with Gasteiger partial charge in [0.2, 0.25) is 5.91 Å². The fourth-order valence-corrected chi connectivity index (χ4v) is 2.98. The number of piperidine rings is 1. The first-order chi connectivity index (χ1) is 9.66. The number of nitrogens with one attached hydrogen (secondary N) is 1. The molecular formula is C16H31N3O. The van der Waals surface area contributed by atoms with E-state index in [1.165, 1.54) is 45.3 Å². The van der Waals surface area contributed by atoms with Crippen molar-refractivity contribution in [3.8, 4) is 0 Å². The van der Waals surface area contributed by atoms with Crippen LogP contribution in [0.2, 0.25) is 0 Å². The standard InChI is InChI=1S/C16H31N3O/c1-18-12-8-15(9-13-18)19(2)11-5-3-4-10-17-16(20)14-6-7-14/h14-15H,3-13H2,1-2H3,(H,17,20). The van der Waals surface area contributed by atoms with Gasteiger partial charge in [0.1, 0.15) is 0 Å². The fraction of sp³-hybridized carbons (Fsp3) is 0.938. The van der Waals surface area contributed by atoms with Crippen LogP contribution in [0.25, 0.3) is 0 Å². The lowest BCUT2D eigenvalue weighted by molar-refractivity contribution is -0.122. The van der Waals surface area contributed by atoms with Gasteiger partial charge in [0.15, 0.2) is 0 Å². The third-order valence-electron chi connectivity index (χ3n) is 4.75. The van der Waals surface area contributed by atoms with Gasteiger partial charge in [-0.1, -0.05) is 6.42 Å². The third kappa shape index (κ3) is 5.41. The zero-order chi connectivity index (χ0) is 14.4. The number of unbranched alkanes of at least 4 members (excludes halogenated alkanes) is 2. The number of hydrogen-bond acceptors (Lipinski definition) is 3. The summed E-state index contributed by atoms with van der Waals surface area (Å²) in [6, 6.07) is 0.778. The highest BCUT2D eigenvalue weighted by molar-refractivity contribution is 5.80. The van der Waals surface area contributed by atoms with Crippen LogP contribution in [0.4, 0.5) is 0 Å². The molecule has 116 valence electrons. The van der Waals surface area contributed by atoms with E-state index in [2.05, 4.69) is 29.2 Å². The van der Waals surface area contributed by atoms with Crippen molar-refractivity contribution in [3.05, 3.63) is 0 Å². The van der Waals surface area contributed by atoms with E-state index < -0.39 is 0 Å². The summed E-state index contributed by atoms with van der Waals surface area (Å²) >= 11 is 0. The highest BCUT2D eigenvalue weighted by Gasteiger charge is 2.28. The Bertz CT molecular complexity index is 296. The summed E-state index contributed by atoms with van der Waals surface area (Å²) in [7, 11) is 4.48. The van der Waals surface area contributed by atoms with Crippen LogP contribution in [0.15, 0.2) is 0 Å². The number of likely N-dealkylation sites (tertiary alicyclic amines) is 1. The Hall–Kier alpha value is -0.610. The summed E-state index contributed by atoms with van der Waals surface area (Å²) in [4.78, 5) is 16.4. The minimum absolute atomic E-state index is 0.286. The van der Waals surface area contributed by atoms with E-state index in [1.54, 1.807) is 0 Å². The van der Waals surface area contributed by atoms with Gasteiger partial charge < -0.3 is 15.1 Å². The van der Waals surface area contributed by atoms with Gasteiger partial charge in [-0.05, 0) is 72.3 Å². The zero-order valence-electron chi connectivity index (χ0n) is 13.2. The molecular weight excluding hydrogens is 250 g/mol. The van der Waals surface area contributed by atoms with Gasteiger partial charge in [0.25, 0.3) is 0 Å². The molecule has 1 N–H and O–H groups in total. The second-order valence-electron chi connectivity index (χ2n) is 6.64. The molecule has 0 unspecified atom stereocenters. The van der Waals surface area contributed by atoms with Crippen molar-refractivity contribution in [2.75, 3.05) is 40.3 Å². The SMILES string of the molecule is CN1CCC(N(C)CCCCCNC(=O)C2CC2)CC1. The van der Waals surface area contributed by atoms with Crippen LogP contribution < -0.4 is 5.32 Å². The summed E-state index contributed by atoms with van der Waals surface area (Å²) in [5.41, 5.74) is 0. The van der Waals surface area contributed by atoms with E-state index in [0.717, 1.165) is 31.8 Å². The molecule has 1 amide bonds. The van der Waals surface area contributed by atoms with Crippen LogP contribution in [0.1, 0.15) is 44.9 Å². The molecule has 1 aliphatic heterocycles. The molecule has 0 bridgehead atoms. The predicted molar refractivity (Wildman–Crippen MR) is 82.7 cm³/mol. The monoisotopic (exact) mass is 281 g/mol. The van der Waals surface area contributed by atoms with Crippen LogP contribution in [0, 0.1) is 5.92 Å². The lowest BCUT2D eigenvalue weighted by Crippen LogP contribution is -2.42. The van der Waals surface area contributed by atoms with Crippen LogP contribution >= 0.6 is 0 Å². The normalized spacial score (nSPS) is 21.4. The molecule has 0 spiro atoms. The second kappa shape index (κ2) is 7.99. The molecule has 1 saturated heterocycles. The maximum atomic E-state index is 11.5. The molecule has 20 heavy (non-hydrogen) atoms. The maximum Gasteiger partial charge on any atom is 0.223 e. The van der Waals surface area contributed by atoms with E-state index in [1.807, 2.05) is 0 Å². The first-order valence-electron chi connectivity index (χ1n) is 8.33. The highest BCUT2D eigenvalue weighted by Crippen LogP contribution is 2.28.